The van der Waals surface area contributed by atoms with Gasteiger partial charge in [0, 0.05) is 16.5 Å². The van der Waals surface area contributed by atoms with E-state index in [2.05, 4.69) is 13.8 Å². The van der Waals surface area contributed by atoms with Crippen LogP contribution in [-0.2, 0) is 0 Å². The molecule has 2 rings (SSSR count). The second kappa shape index (κ2) is 3.63. The summed E-state index contributed by atoms with van der Waals surface area (Å²) in [6.45, 7) is 5.07. The molecule has 0 radical (unpaired) electrons. The Bertz CT molecular complexity index is 361. The van der Waals surface area contributed by atoms with Crippen molar-refractivity contribution in [3.63, 3.8) is 0 Å². The van der Waals surface area contributed by atoms with Gasteiger partial charge in [-0.2, -0.15) is 0 Å². The predicted octanol–water partition coefficient (Wildman–Crippen LogP) is 4.13. The van der Waals surface area contributed by atoms with Gasteiger partial charge < -0.3 is 4.74 Å². The van der Waals surface area contributed by atoms with Crippen molar-refractivity contribution in [3.8, 4) is 5.75 Å². The minimum absolute atomic E-state index is 0.418. The number of ether oxygens (including phenoxy) is 1. The number of halogens is 2. The van der Waals surface area contributed by atoms with Gasteiger partial charge in [0.25, 0.3) is 0 Å². The zero-order valence-corrected chi connectivity index (χ0v) is 9.69. The first kappa shape index (κ1) is 10.1. The Hall–Kier alpha value is -0.400. The molecule has 0 saturated carbocycles. The summed E-state index contributed by atoms with van der Waals surface area (Å²) < 4.78 is 5.57. The van der Waals surface area contributed by atoms with E-state index in [1.165, 1.54) is 0 Å². The normalized spacial score (nSPS) is 19.6. The lowest BCUT2D eigenvalue weighted by molar-refractivity contribution is 0.304. The molecule has 1 aromatic carbocycles. The molecule has 1 atom stereocenters. The molecule has 0 bridgehead atoms. The molecule has 76 valence electrons. The van der Waals surface area contributed by atoms with E-state index in [4.69, 9.17) is 27.9 Å². The first-order valence-electron chi connectivity index (χ1n) is 4.71. The minimum atomic E-state index is 0.418. The van der Waals surface area contributed by atoms with Gasteiger partial charge in [0.2, 0.25) is 0 Å². The molecule has 1 nitrogen and oxygen atoms in total. The van der Waals surface area contributed by atoms with Crippen LogP contribution in [0.2, 0.25) is 10.0 Å². The Labute approximate surface area is 94.0 Å². The minimum Gasteiger partial charge on any atom is -0.491 e. The summed E-state index contributed by atoms with van der Waals surface area (Å²) in [6.07, 6.45) is 0. The SMILES string of the molecule is CC(C)C1COc2c(Cl)cc(Cl)cc21. The van der Waals surface area contributed by atoms with Gasteiger partial charge in [0.1, 0.15) is 5.75 Å². The molecule has 14 heavy (non-hydrogen) atoms. The number of benzene rings is 1. The highest BCUT2D eigenvalue weighted by Gasteiger charge is 2.28. The highest BCUT2D eigenvalue weighted by atomic mass is 35.5. The number of fused-ring (bicyclic) bond motifs is 1. The second-order valence-electron chi connectivity index (χ2n) is 3.97. The maximum Gasteiger partial charge on any atom is 0.141 e. The summed E-state index contributed by atoms with van der Waals surface area (Å²) >= 11 is 12.0. The zero-order valence-electron chi connectivity index (χ0n) is 8.18. The third-order valence-corrected chi connectivity index (χ3v) is 3.15. The van der Waals surface area contributed by atoms with Crippen LogP contribution in [0.25, 0.3) is 0 Å². The van der Waals surface area contributed by atoms with Crippen molar-refractivity contribution in [1.82, 2.24) is 0 Å². The van der Waals surface area contributed by atoms with Gasteiger partial charge in [0.15, 0.2) is 0 Å². The van der Waals surface area contributed by atoms with E-state index in [1.807, 2.05) is 6.07 Å². The largest absolute Gasteiger partial charge is 0.491 e. The highest BCUT2D eigenvalue weighted by molar-refractivity contribution is 6.35. The van der Waals surface area contributed by atoms with Crippen LogP contribution in [0, 0.1) is 5.92 Å². The molecule has 1 aliphatic heterocycles. The van der Waals surface area contributed by atoms with E-state index in [0.29, 0.717) is 28.5 Å². The van der Waals surface area contributed by atoms with E-state index >= 15 is 0 Å². The summed E-state index contributed by atoms with van der Waals surface area (Å²) in [7, 11) is 0. The van der Waals surface area contributed by atoms with Crippen molar-refractivity contribution in [2.75, 3.05) is 6.61 Å². The maximum atomic E-state index is 6.04. The molecule has 1 heterocycles. The van der Waals surface area contributed by atoms with Crippen molar-refractivity contribution in [3.05, 3.63) is 27.7 Å². The van der Waals surface area contributed by atoms with Gasteiger partial charge in [-0.15, -0.1) is 0 Å². The van der Waals surface area contributed by atoms with Crippen molar-refractivity contribution in [2.45, 2.75) is 19.8 Å². The Morgan fingerprint density at radius 2 is 2.07 bits per heavy atom. The molecule has 0 saturated heterocycles. The molecule has 1 aliphatic rings. The number of hydrogen-bond acceptors (Lipinski definition) is 1. The fourth-order valence-electron chi connectivity index (χ4n) is 1.82. The number of rotatable bonds is 1. The van der Waals surface area contributed by atoms with Gasteiger partial charge in [-0.25, -0.2) is 0 Å². The standard InChI is InChI=1S/C11H12Cl2O/c1-6(2)9-5-14-11-8(9)3-7(12)4-10(11)13/h3-4,6,9H,5H2,1-2H3. The van der Waals surface area contributed by atoms with Crippen LogP contribution in [0.1, 0.15) is 25.3 Å². The molecule has 0 fully saturated rings. The van der Waals surface area contributed by atoms with Gasteiger partial charge in [-0.05, 0) is 18.1 Å². The van der Waals surface area contributed by atoms with Crippen LogP contribution in [-0.4, -0.2) is 6.61 Å². The third kappa shape index (κ3) is 1.59. The summed E-state index contributed by atoms with van der Waals surface area (Å²) in [5, 5.41) is 1.31. The summed E-state index contributed by atoms with van der Waals surface area (Å²) in [4.78, 5) is 0. The van der Waals surface area contributed by atoms with Crippen molar-refractivity contribution >= 4 is 23.2 Å². The lowest BCUT2D eigenvalue weighted by atomic mass is 9.90. The fraction of sp³-hybridized carbons (Fsp3) is 0.455. The Kier molecular flexibility index (Phi) is 2.63. The van der Waals surface area contributed by atoms with Crippen LogP contribution in [0.5, 0.6) is 5.75 Å². The summed E-state index contributed by atoms with van der Waals surface area (Å²) in [5.74, 6) is 1.78. The molecule has 0 N–H and O–H groups in total. The zero-order chi connectivity index (χ0) is 10.3. The Morgan fingerprint density at radius 1 is 1.36 bits per heavy atom. The van der Waals surface area contributed by atoms with Crippen LogP contribution in [0.4, 0.5) is 0 Å². The van der Waals surface area contributed by atoms with Gasteiger partial charge in [-0.3, -0.25) is 0 Å². The van der Waals surface area contributed by atoms with Crippen LogP contribution in [0.15, 0.2) is 12.1 Å². The summed E-state index contributed by atoms with van der Waals surface area (Å²) in [5.41, 5.74) is 1.15. The van der Waals surface area contributed by atoms with E-state index < -0.39 is 0 Å². The fourth-order valence-corrected chi connectivity index (χ4v) is 2.39. The average molecular weight is 231 g/mol. The maximum absolute atomic E-state index is 6.04. The molecular formula is C11H12Cl2O. The van der Waals surface area contributed by atoms with Crippen molar-refractivity contribution < 1.29 is 4.74 Å². The van der Waals surface area contributed by atoms with Crippen molar-refractivity contribution in [1.29, 1.82) is 0 Å². The van der Waals surface area contributed by atoms with E-state index in [1.54, 1.807) is 6.07 Å². The lowest BCUT2D eigenvalue weighted by Gasteiger charge is -2.12. The van der Waals surface area contributed by atoms with Crippen LogP contribution < -0.4 is 4.74 Å². The third-order valence-electron chi connectivity index (χ3n) is 2.65. The summed E-state index contributed by atoms with van der Waals surface area (Å²) in [6, 6.07) is 3.69. The molecule has 3 heteroatoms. The second-order valence-corrected chi connectivity index (χ2v) is 4.81. The van der Waals surface area contributed by atoms with E-state index in [-0.39, 0.29) is 0 Å². The first-order valence-corrected chi connectivity index (χ1v) is 5.47. The topological polar surface area (TPSA) is 9.23 Å². The van der Waals surface area contributed by atoms with E-state index in [0.717, 1.165) is 11.3 Å². The quantitative estimate of drug-likeness (QED) is 0.706. The first-order chi connectivity index (χ1) is 6.59. The average Bonchev–Trinajstić information content (AvgIpc) is 2.47. The molecule has 1 unspecified atom stereocenters. The molecule has 0 aliphatic carbocycles. The van der Waals surface area contributed by atoms with Gasteiger partial charge >= 0.3 is 0 Å². The van der Waals surface area contributed by atoms with Crippen LogP contribution >= 0.6 is 23.2 Å². The monoisotopic (exact) mass is 230 g/mol. The van der Waals surface area contributed by atoms with E-state index in [9.17, 15) is 0 Å². The number of hydrogen-bond donors (Lipinski definition) is 0. The van der Waals surface area contributed by atoms with Crippen molar-refractivity contribution in [2.24, 2.45) is 5.92 Å². The Balaban J connectivity index is 2.49. The molecule has 0 aromatic heterocycles. The molecule has 0 amide bonds. The molecular weight excluding hydrogens is 219 g/mol. The van der Waals surface area contributed by atoms with Crippen LogP contribution in [0.3, 0.4) is 0 Å². The molecule has 1 aromatic rings. The highest BCUT2D eigenvalue weighted by Crippen LogP contribution is 2.44. The van der Waals surface area contributed by atoms with Gasteiger partial charge in [0.05, 0.1) is 11.6 Å². The smallest absolute Gasteiger partial charge is 0.141 e. The Morgan fingerprint density at radius 3 is 2.71 bits per heavy atom. The molecule has 0 spiro atoms. The van der Waals surface area contributed by atoms with Gasteiger partial charge in [-0.1, -0.05) is 37.0 Å². The predicted molar refractivity (Wildman–Crippen MR) is 59.5 cm³/mol. The lowest BCUT2D eigenvalue weighted by Crippen LogP contribution is -2.07.